The average molecular weight is 186 g/mol. The van der Waals surface area contributed by atoms with Gasteiger partial charge in [-0.1, -0.05) is 11.6 Å². The molecule has 0 amide bonds. The van der Waals surface area contributed by atoms with Gasteiger partial charge in [-0.2, -0.15) is 0 Å². The van der Waals surface area contributed by atoms with Crippen LogP contribution in [0.25, 0.3) is 0 Å². The minimum Gasteiger partial charge on any atom is -0.475 e. The lowest BCUT2D eigenvalue weighted by Crippen LogP contribution is -2.07. The predicted octanol–water partition coefficient (Wildman–Crippen LogP) is 2.83. The molecule has 0 aliphatic heterocycles. The summed E-state index contributed by atoms with van der Waals surface area (Å²) in [7, 11) is 0. The van der Waals surface area contributed by atoms with Crippen LogP contribution >= 0.6 is 11.6 Å². The number of hydrogen-bond acceptors (Lipinski definition) is 2. The first-order chi connectivity index (χ1) is 5.59. The molecular weight excluding hydrogens is 174 g/mol. The van der Waals surface area contributed by atoms with E-state index in [0.717, 1.165) is 5.56 Å². The summed E-state index contributed by atoms with van der Waals surface area (Å²) < 4.78 is 5.43. The average Bonchev–Trinajstić information content (AvgIpc) is 1.94. The van der Waals surface area contributed by atoms with Crippen molar-refractivity contribution in [3.05, 3.63) is 22.8 Å². The van der Waals surface area contributed by atoms with Gasteiger partial charge in [0, 0.05) is 11.8 Å². The van der Waals surface area contributed by atoms with Gasteiger partial charge in [-0.3, -0.25) is 0 Å². The molecule has 0 fully saturated rings. The lowest BCUT2D eigenvalue weighted by atomic mass is 10.3. The van der Waals surface area contributed by atoms with Crippen LogP contribution in [0.2, 0.25) is 5.02 Å². The number of pyridine rings is 1. The maximum absolute atomic E-state index is 5.74. The first kappa shape index (κ1) is 9.33. The molecule has 0 saturated heterocycles. The number of nitrogens with zero attached hydrogens (tertiary/aromatic N) is 1. The van der Waals surface area contributed by atoms with Crippen LogP contribution in [0.4, 0.5) is 0 Å². The van der Waals surface area contributed by atoms with Gasteiger partial charge in [-0.25, -0.2) is 4.98 Å². The fraction of sp³-hybridized carbons (Fsp3) is 0.444. The van der Waals surface area contributed by atoms with Crippen molar-refractivity contribution in [2.75, 3.05) is 0 Å². The molecule has 0 radical (unpaired) electrons. The van der Waals surface area contributed by atoms with E-state index in [1.165, 1.54) is 0 Å². The Hall–Kier alpha value is -0.760. The summed E-state index contributed by atoms with van der Waals surface area (Å²) in [5.41, 5.74) is 0.969. The van der Waals surface area contributed by atoms with Crippen LogP contribution in [-0.4, -0.2) is 11.1 Å². The Bertz CT molecular complexity index is 273. The Balaban J connectivity index is 2.86. The minimum absolute atomic E-state index is 0.150. The molecule has 1 aromatic rings. The highest BCUT2D eigenvalue weighted by atomic mass is 35.5. The zero-order valence-corrected chi connectivity index (χ0v) is 8.22. The molecule has 0 saturated carbocycles. The highest BCUT2D eigenvalue weighted by molar-refractivity contribution is 6.30. The van der Waals surface area contributed by atoms with Crippen molar-refractivity contribution in [1.82, 2.24) is 4.98 Å². The third-order valence-corrected chi connectivity index (χ3v) is 1.55. The van der Waals surface area contributed by atoms with E-state index in [0.29, 0.717) is 10.9 Å². The molecule has 12 heavy (non-hydrogen) atoms. The molecule has 1 aromatic heterocycles. The fourth-order valence-corrected chi connectivity index (χ4v) is 1.09. The minimum atomic E-state index is 0.150. The molecule has 0 spiro atoms. The van der Waals surface area contributed by atoms with Crippen molar-refractivity contribution >= 4 is 11.6 Å². The van der Waals surface area contributed by atoms with Crippen LogP contribution < -0.4 is 4.74 Å². The van der Waals surface area contributed by atoms with Gasteiger partial charge in [0.2, 0.25) is 5.88 Å². The lowest BCUT2D eigenvalue weighted by Gasteiger charge is -2.10. The second kappa shape index (κ2) is 3.76. The van der Waals surface area contributed by atoms with Gasteiger partial charge in [-0.05, 0) is 26.8 Å². The normalized spacial score (nSPS) is 10.4. The maximum atomic E-state index is 5.74. The van der Waals surface area contributed by atoms with Gasteiger partial charge in [0.05, 0.1) is 11.1 Å². The standard InChI is InChI=1S/C9H12ClNO/c1-6(2)12-9-7(3)4-8(10)5-11-9/h4-6H,1-3H3. The largest absolute Gasteiger partial charge is 0.475 e. The fourth-order valence-electron chi connectivity index (χ4n) is 0.875. The Morgan fingerprint density at radius 3 is 2.67 bits per heavy atom. The van der Waals surface area contributed by atoms with Gasteiger partial charge in [0.1, 0.15) is 0 Å². The third-order valence-electron chi connectivity index (χ3n) is 1.34. The number of hydrogen-bond donors (Lipinski definition) is 0. The summed E-state index contributed by atoms with van der Waals surface area (Å²) >= 11 is 5.74. The lowest BCUT2D eigenvalue weighted by molar-refractivity contribution is 0.231. The highest BCUT2D eigenvalue weighted by Crippen LogP contribution is 2.18. The van der Waals surface area contributed by atoms with Crippen molar-refractivity contribution in [3.8, 4) is 5.88 Å². The van der Waals surface area contributed by atoms with Gasteiger partial charge < -0.3 is 4.74 Å². The monoisotopic (exact) mass is 185 g/mol. The van der Waals surface area contributed by atoms with Gasteiger partial charge >= 0.3 is 0 Å². The Morgan fingerprint density at radius 1 is 1.50 bits per heavy atom. The first-order valence-electron chi connectivity index (χ1n) is 3.88. The van der Waals surface area contributed by atoms with Crippen LogP contribution in [0.5, 0.6) is 5.88 Å². The molecule has 1 rings (SSSR count). The number of halogens is 1. The Morgan fingerprint density at radius 2 is 2.17 bits per heavy atom. The molecule has 66 valence electrons. The molecule has 2 nitrogen and oxygen atoms in total. The van der Waals surface area contributed by atoms with Gasteiger partial charge in [-0.15, -0.1) is 0 Å². The molecular formula is C9H12ClNO. The summed E-state index contributed by atoms with van der Waals surface area (Å²) in [5, 5.41) is 0.642. The topological polar surface area (TPSA) is 22.1 Å². The SMILES string of the molecule is Cc1cc(Cl)cnc1OC(C)C. The summed E-state index contributed by atoms with van der Waals surface area (Å²) in [6, 6.07) is 1.84. The zero-order valence-electron chi connectivity index (χ0n) is 7.47. The van der Waals surface area contributed by atoms with Crippen molar-refractivity contribution in [2.45, 2.75) is 26.9 Å². The van der Waals surface area contributed by atoms with E-state index in [1.54, 1.807) is 6.20 Å². The van der Waals surface area contributed by atoms with E-state index in [9.17, 15) is 0 Å². The third kappa shape index (κ3) is 2.38. The van der Waals surface area contributed by atoms with Crippen LogP contribution in [0.15, 0.2) is 12.3 Å². The second-order valence-electron chi connectivity index (χ2n) is 2.94. The number of aryl methyl sites for hydroxylation is 1. The molecule has 3 heteroatoms. The molecule has 0 aliphatic rings. The van der Waals surface area contributed by atoms with Crippen LogP contribution in [0.3, 0.4) is 0 Å². The summed E-state index contributed by atoms with van der Waals surface area (Å²) in [6.07, 6.45) is 1.74. The zero-order chi connectivity index (χ0) is 9.14. The van der Waals surface area contributed by atoms with Crippen molar-refractivity contribution in [3.63, 3.8) is 0 Å². The van der Waals surface area contributed by atoms with E-state index in [2.05, 4.69) is 4.98 Å². The Kier molecular flexibility index (Phi) is 2.93. The quantitative estimate of drug-likeness (QED) is 0.707. The molecule has 0 atom stereocenters. The summed E-state index contributed by atoms with van der Waals surface area (Å²) in [4.78, 5) is 4.06. The highest BCUT2D eigenvalue weighted by Gasteiger charge is 2.03. The van der Waals surface area contributed by atoms with Gasteiger partial charge in [0.15, 0.2) is 0 Å². The first-order valence-corrected chi connectivity index (χ1v) is 4.26. The number of aromatic nitrogens is 1. The number of rotatable bonds is 2. The smallest absolute Gasteiger partial charge is 0.216 e. The second-order valence-corrected chi connectivity index (χ2v) is 3.38. The molecule has 1 heterocycles. The van der Waals surface area contributed by atoms with E-state index >= 15 is 0 Å². The van der Waals surface area contributed by atoms with Crippen LogP contribution in [0.1, 0.15) is 19.4 Å². The van der Waals surface area contributed by atoms with E-state index in [1.807, 2.05) is 26.8 Å². The maximum Gasteiger partial charge on any atom is 0.216 e. The number of ether oxygens (including phenoxy) is 1. The van der Waals surface area contributed by atoms with E-state index < -0.39 is 0 Å². The van der Waals surface area contributed by atoms with Crippen molar-refractivity contribution in [2.24, 2.45) is 0 Å². The van der Waals surface area contributed by atoms with Gasteiger partial charge in [0.25, 0.3) is 0 Å². The molecule has 0 aromatic carbocycles. The summed E-state index contributed by atoms with van der Waals surface area (Å²) in [5.74, 6) is 0.661. The van der Waals surface area contributed by atoms with E-state index in [4.69, 9.17) is 16.3 Å². The molecule has 0 unspecified atom stereocenters. The molecule has 0 N–H and O–H groups in total. The van der Waals surface area contributed by atoms with E-state index in [-0.39, 0.29) is 6.10 Å². The van der Waals surface area contributed by atoms with Crippen LogP contribution in [-0.2, 0) is 0 Å². The van der Waals surface area contributed by atoms with Crippen molar-refractivity contribution < 1.29 is 4.74 Å². The molecule has 0 aliphatic carbocycles. The summed E-state index contributed by atoms with van der Waals surface area (Å²) in [6.45, 7) is 5.86. The van der Waals surface area contributed by atoms with Crippen LogP contribution in [0, 0.1) is 6.92 Å². The van der Waals surface area contributed by atoms with Crippen molar-refractivity contribution in [1.29, 1.82) is 0 Å². The predicted molar refractivity (Wildman–Crippen MR) is 49.7 cm³/mol. The molecule has 0 bridgehead atoms. The Labute approximate surface area is 77.5 Å².